The Morgan fingerprint density at radius 1 is 1.33 bits per heavy atom. The highest BCUT2D eigenvalue weighted by atomic mass is 16.4. The summed E-state index contributed by atoms with van der Waals surface area (Å²) in [6, 6.07) is 9.67. The summed E-state index contributed by atoms with van der Waals surface area (Å²) < 4.78 is 5.69. The van der Waals surface area contributed by atoms with Crippen LogP contribution >= 0.6 is 0 Å². The molecule has 2 aromatic rings. The molecule has 3 rings (SSSR count). The number of hydrogen-bond donors (Lipinski definition) is 1. The molecule has 6 heteroatoms. The molecule has 1 aliphatic heterocycles. The minimum Gasteiger partial charge on any atom is -0.419 e. The maximum absolute atomic E-state index is 11.3. The van der Waals surface area contributed by atoms with Crippen LogP contribution in [-0.2, 0) is 11.3 Å². The fourth-order valence-electron chi connectivity index (χ4n) is 2.64. The second-order valence-corrected chi connectivity index (χ2v) is 5.34. The Hall–Kier alpha value is -2.21. The van der Waals surface area contributed by atoms with E-state index in [4.69, 9.17) is 10.2 Å². The molecule has 2 heterocycles. The molecule has 1 aromatic heterocycles. The van der Waals surface area contributed by atoms with Crippen LogP contribution in [-0.4, -0.2) is 34.1 Å². The minimum absolute atomic E-state index is 0.0738. The monoisotopic (exact) mass is 286 g/mol. The molecule has 1 saturated heterocycles. The first-order valence-electron chi connectivity index (χ1n) is 7.12. The largest absolute Gasteiger partial charge is 0.419 e. The van der Waals surface area contributed by atoms with Crippen molar-refractivity contribution in [3.05, 3.63) is 36.2 Å². The summed E-state index contributed by atoms with van der Waals surface area (Å²) >= 11 is 0. The van der Waals surface area contributed by atoms with Crippen LogP contribution in [0.1, 0.15) is 18.7 Å². The number of hydrogen-bond acceptors (Lipinski definition) is 5. The number of carbonyl (C=O) groups is 1. The fraction of sp³-hybridized carbons (Fsp3) is 0.400. The zero-order valence-corrected chi connectivity index (χ0v) is 11.7. The molecular weight excluding hydrogens is 268 g/mol. The van der Waals surface area contributed by atoms with Gasteiger partial charge in [0.1, 0.15) is 0 Å². The molecule has 6 nitrogen and oxygen atoms in total. The molecule has 0 bridgehead atoms. The van der Waals surface area contributed by atoms with Crippen molar-refractivity contribution < 1.29 is 9.21 Å². The highest BCUT2D eigenvalue weighted by Gasteiger charge is 2.25. The smallest absolute Gasteiger partial charge is 0.247 e. The predicted molar refractivity (Wildman–Crippen MR) is 76.9 cm³/mol. The summed E-state index contributed by atoms with van der Waals surface area (Å²) in [4.78, 5) is 13.4. The van der Waals surface area contributed by atoms with Gasteiger partial charge in [-0.15, -0.1) is 10.2 Å². The lowest BCUT2D eigenvalue weighted by molar-refractivity contribution is -0.123. The van der Waals surface area contributed by atoms with Gasteiger partial charge in [-0.3, -0.25) is 9.69 Å². The molecule has 0 aliphatic carbocycles. The van der Waals surface area contributed by atoms with Gasteiger partial charge in [-0.25, -0.2) is 0 Å². The summed E-state index contributed by atoms with van der Waals surface area (Å²) in [5, 5.41) is 8.15. The summed E-state index contributed by atoms with van der Waals surface area (Å²) in [5.41, 5.74) is 6.29. The fourth-order valence-corrected chi connectivity index (χ4v) is 2.64. The second-order valence-electron chi connectivity index (χ2n) is 5.34. The lowest BCUT2D eigenvalue weighted by atomic mass is 9.97. The van der Waals surface area contributed by atoms with Gasteiger partial charge in [0.2, 0.25) is 17.7 Å². The van der Waals surface area contributed by atoms with E-state index in [1.54, 1.807) is 0 Å². The van der Waals surface area contributed by atoms with Crippen molar-refractivity contribution >= 4 is 5.91 Å². The van der Waals surface area contributed by atoms with E-state index >= 15 is 0 Å². The lowest BCUT2D eigenvalue weighted by Crippen LogP contribution is -2.40. The van der Waals surface area contributed by atoms with Gasteiger partial charge in [0.05, 0.1) is 12.5 Å². The van der Waals surface area contributed by atoms with E-state index < -0.39 is 0 Å². The Labute approximate surface area is 123 Å². The third-order valence-electron chi connectivity index (χ3n) is 3.75. The second kappa shape index (κ2) is 6.05. The van der Waals surface area contributed by atoms with E-state index in [0.29, 0.717) is 24.9 Å². The minimum atomic E-state index is -0.227. The summed E-state index contributed by atoms with van der Waals surface area (Å²) in [5.74, 6) is 0.790. The number of rotatable bonds is 4. The number of aromatic nitrogens is 2. The lowest BCUT2D eigenvalue weighted by Gasteiger charge is -2.29. The molecule has 1 amide bonds. The highest BCUT2D eigenvalue weighted by molar-refractivity contribution is 5.76. The van der Waals surface area contributed by atoms with Crippen LogP contribution in [0.3, 0.4) is 0 Å². The third-order valence-corrected chi connectivity index (χ3v) is 3.75. The Morgan fingerprint density at radius 2 is 2.14 bits per heavy atom. The van der Waals surface area contributed by atoms with Crippen molar-refractivity contribution in [2.24, 2.45) is 11.7 Å². The van der Waals surface area contributed by atoms with Crippen LogP contribution in [0.2, 0.25) is 0 Å². The van der Waals surface area contributed by atoms with Crippen LogP contribution in [0.25, 0.3) is 11.5 Å². The van der Waals surface area contributed by atoms with Crippen molar-refractivity contribution in [1.29, 1.82) is 0 Å². The molecule has 110 valence electrons. The normalized spacial score (nSPS) is 19.5. The Kier molecular flexibility index (Phi) is 3.96. The molecule has 2 N–H and O–H groups in total. The maximum Gasteiger partial charge on any atom is 0.247 e. The number of nitrogens with zero attached hydrogens (tertiary/aromatic N) is 3. The molecule has 1 aromatic carbocycles. The quantitative estimate of drug-likeness (QED) is 0.919. The average Bonchev–Trinajstić information content (AvgIpc) is 2.97. The third kappa shape index (κ3) is 3.28. The number of nitrogens with two attached hydrogens (primary N) is 1. The van der Waals surface area contributed by atoms with Crippen molar-refractivity contribution in [1.82, 2.24) is 15.1 Å². The SMILES string of the molecule is NC(=O)C1CCCN(Cc2nnc(-c3ccccc3)o2)C1. The van der Waals surface area contributed by atoms with Gasteiger partial charge in [0.15, 0.2) is 0 Å². The molecular formula is C15H18N4O2. The molecule has 0 radical (unpaired) electrons. The van der Waals surface area contributed by atoms with E-state index in [1.807, 2.05) is 30.3 Å². The average molecular weight is 286 g/mol. The topological polar surface area (TPSA) is 85.3 Å². The van der Waals surface area contributed by atoms with Gasteiger partial charge < -0.3 is 10.2 Å². The first-order valence-corrected chi connectivity index (χ1v) is 7.12. The van der Waals surface area contributed by atoms with Crippen molar-refractivity contribution in [3.8, 4) is 11.5 Å². The van der Waals surface area contributed by atoms with Crippen molar-refractivity contribution in [3.63, 3.8) is 0 Å². The molecule has 0 spiro atoms. The number of piperidine rings is 1. The molecule has 1 unspecified atom stereocenters. The Bertz CT molecular complexity index is 611. The zero-order chi connectivity index (χ0) is 14.7. The molecule has 0 saturated carbocycles. The molecule has 1 aliphatic rings. The van der Waals surface area contributed by atoms with Crippen LogP contribution in [0.5, 0.6) is 0 Å². The predicted octanol–water partition coefficient (Wildman–Crippen LogP) is 1.43. The van der Waals surface area contributed by atoms with E-state index in [0.717, 1.165) is 24.9 Å². The number of amides is 1. The van der Waals surface area contributed by atoms with Gasteiger partial charge in [0.25, 0.3) is 0 Å². The van der Waals surface area contributed by atoms with Crippen LogP contribution in [0, 0.1) is 5.92 Å². The van der Waals surface area contributed by atoms with Gasteiger partial charge in [0, 0.05) is 12.1 Å². The van der Waals surface area contributed by atoms with E-state index in [9.17, 15) is 4.79 Å². The number of primary amides is 1. The summed E-state index contributed by atoms with van der Waals surface area (Å²) in [6.07, 6.45) is 1.83. The Morgan fingerprint density at radius 3 is 2.90 bits per heavy atom. The van der Waals surface area contributed by atoms with Crippen molar-refractivity contribution in [2.45, 2.75) is 19.4 Å². The van der Waals surface area contributed by atoms with E-state index in [-0.39, 0.29) is 11.8 Å². The van der Waals surface area contributed by atoms with E-state index in [1.165, 1.54) is 0 Å². The molecule has 1 atom stereocenters. The standard InChI is InChI=1S/C15H18N4O2/c16-14(20)12-7-4-8-19(9-12)10-13-17-18-15(21-13)11-5-2-1-3-6-11/h1-3,5-6,12H,4,7-10H2,(H2,16,20). The maximum atomic E-state index is 11.3. The molecule has 1 fully saturated rings. The van der Waals surface area contributed by atoms with Crippen LogP contribution in [0.4, 0.5) is 0 Å². The molecule has 21 heavy (non-hydrogen) atoms. The van der Waals surface area contributed by atoms with Crippen LogP contribution in [0.15, 0.2) is 34.7 Å². The van der Waals surface area contributed by atoms with Crippen LogP contribution < -0.4 is 5.73 Å². The number of likely N-dealkylation sites (tertiary alicyclic amines) is 1. The van der Waals surface area contributed by atoms with Gasteiger partial charge >= 0.3 is 0 Å². The number of carbonyl (C=O) groups excluding carboxylic acids is 1. The zero-order valence-electron chi connectivity index (χ0n) is 11.7. The highest BCUT2D eigenvalue weighted by Crippen LogP contribution is 2.20. The first-order chi connectivity index (χ1) is 10.2. The first kappa shape index (κ1) is 13.8. The van der Waals surface area contributed by atoms with Gasteiger partial charge in [-0.1, -0.05) is 18.2 Å². The van der Waals surface area contributed by atoms with Crippen molar-refractivity contribution in [2.75, 3.05) is 13.1 Å². The number of benzene rings is 1. The Balaban J connectivity index is 1.66. The van der Waals surface area contributed by atoms with E-state index in [2.05, 4.69) is 15.1 Å². The van der Waals surface area contributed by atoms with Gasteiger partial charge in [-0.05, 0) is 31.5 Å². The van der Waals surface area contributed by atoms with Gasteiger partial charge in [-0.2, -0.15) is 0 Å². The summed E-state index contributed by atoms with van der Waals surface area (Å²) in [6.45, 7) is 2.15. The summed E-state index contributed by atoms with van der Waals surface area (Å²) in [7, 11) is 0.